The molecule has 2 heterocycles. The molecule has 0 saturated carbocycles. The first-order chi connectivity index (χ1) is 8.90. The maximum Gasteiger partial charge on any atom is 0.178 e. The van der Waals surface area contributed by atoms with Crippen LogP contribution in [-0.2, 0) is 6.42 Å². The molecule has 0 saturated heterocycles. The van der Waals surface area contributed by atoms with Gasteiger partial charge in [-0.25, -0.2) is 0 Å². The van der Waals surface area contributed by atoms with Gasteiger partial charge in [-0.15, -0.1) is 21.5 Å². The van der Waals surface area contributed by atoms with Crippen LogP contribution in [0.1, 0.15) is 12.5 Å². The normalized spacial score (nSPS) is 10.7. The summed E-state index contributed by atoms with van der Waals surface area (Å²) in [6.07, 6.45) is 2.78. The second kappa shape index (κ2) is 4.74. The number of thiophene rings is 1. The van der Waals surface area contributed by atoms with Crippen LogP contribution in [-0.4, -0.2) is 14.8 Å². The molecule has 18 heavy (non-hydrogen) atoms. The van der Waals surface area contributed by atoms with E-state index in [0.717, 1.165) is 17.9 Å². The molecule has 3 rings (SSSR count). The van der Waals surface area contributed by atoms with Crippen LogP contribution in [0.2, 0.25) is 0 Å². The van der Waals surface area contributed by atoms with Gasteiger partial charge < -0.3 is 0 Å². The van der Waals surface area contributed by atoms with Crippen molar-refractivity contribution in [2.75, 3.05) is 0 Å². The topological polar surface area (TPSA) is 30.7 Å². The van der Waals surface area contributed by atoms with Crippen LogP contribution in [0.5, 0.6) is 0 Å². The molecule has 0 amide bonds. The number of rotatable bonds is 3. The molecule has 1 aromatic carbocycles. The molecule has 0 spiro atoms. The number of hydrogen-bond donors (Lipinski definition) is 0. The minimum Gasteiger partial charge on any atom is -0.281 e. The molecule has 0 aliphatic carbocycles. The van der Waals surface area contributed by atoms with Gasteiger partial charge >= 0.3 is 0 Å². The van der Waals surface area contributed by atoms with Gasteiger partial charge in [-0.05, 0) is 35.6 Å². The number of nitrogens with zero attached hydrogens (tertiary/aromatic N) is 3. The second-order valence-electron chi connectivity index (χ2n) is 3.99. The Morgan fingerprint density at radius 1 is 1.17 bits per heavy atom. The van der Waals surface area contributed by atoms with Gasteiger partial charge in [0.05, 0.1) is 4.88 Å². The first-order valence-electron chi connectivity index (χ1n) is 5.92. The summed E-state index contributed by atoms with van der Waals surface area (Å²) in [7, 11) is 0. The third-order valence-corrected chi connectivity index (χ3v) is 3.87. The number of hydrogen-bond acceptors (Lipinski definition) is 3. The third kappa shape index (κ3) is 1.84. The van der Waals surface area contributed by atoms with Crippen LogP contribution in [0.4, 0.5) is 0 Å². The van der Waals surface area contributed by atoms with E-state index >= 15 is 0 Å². The van der Waals surface area contributed by atoms with Crippen molar-refractivity contribution in [1.29, 1.82) is 0 Å². The molecule has 0 bridgehead atoms. The molecule has 0 N–H and O–H groups in total. The Morgan fingerprint density at radius 3 is 2.78 bits per heavy atom. The molecular weight excluding hydrogens is 242 g/mol. The minimum absolute atomic E-state index is 0.924. The Morgan fingerprint density at radius 2 is 2.00 bits per heavy atom. The number of para-hydroxylation sites is 1. The fraction of sp³-hybridized carbons (Fsp3) is 0.143. The predicted molar refractivity (Wildman–Crippen MR) is 74.1 cm³/mol. The van der Waals surface area contributed by atoms with E-state index in [0.29, 0.717) is 0 Å². The lowest BCUT2D eigenvalue weighted by atomic mass is 10.2. The van der Waals surface area contributed by atoms with Crippen molar-refractivity contribution in [3.8, 4) is 16.4 Å². The molecule has 0 atom stereocenters. The third-order valence-electron chi connectivity index (χ3n) is 2.91. The monoisotopic (exact) mass is 255 g/mol. The summed E-state index contributed by atoms with van der Waals surface area (Å²) in [6, 6.07) is 12.3. The zero-order valence-electron chi connectivity index (χ0n) is 10.1. The molecule has 3 nitrogen and oxygen atoms in total. The van der Waals surface area contributed by atoms with Crippen LogP contribution in [0.25, 0.3) is 16.4 Å². The van der Waals surface area contributed by atoms with E-state index in [1.807, 2.05) is 22.8 Å². The average molecular weight is 255 g/mol. The summed E-state index contributed by atoms with van der Waals surface area (Å²) in [5.41, 5.74) is 2.41. The van der Waals surface area contributed by atoms with Crippen molar-refractivity contribution in [2.24, 2.45) is 0 Å². The standard InChI is InChI=1S/C14H13N3S/c1-2-11-8-9-18-13(11)14-16-15-10-17(14)12-6-4-3-5-7-12/h3-10H,2H2,1H3. The van der Waals surface area contributed by atoms with E-state index < -0.39 is 0 Å². The first-order valence-corrected chi connectivity index (χ1v) is 6.80. The van der Waals surface area contributed by atoms with Crippen LogP contribution in [0.3, 0.4) is 0 Å². The van der Waals surface area contributed by atoms with Gasteiger partial charge in [0.25, 0.3) is 0 Å². The maximum atomic E-state index is 4.27. The zero-order chi connectivity index (χ0) is 12.4. The molecule has 0 aliphatic rings. The Kier molecular flexibility index (Phi) is 2.94. The number of aryl methyl sites for hydroxylation is 1. The van der Waals surface area contributed by atoms with E-state index in [4.69, 9.17) is 0 Å². The highest BCUT2D eigenvalue weighted by Gasteiger charge is 2.13. The van der Waals surface area contributed by atoms with Crippen molar-refractivity contribution in [3.05, 3.63) is 53.7 Å². The molecule has 0 radical (unpaired) electrons. The Labute approximate surface area is 110 Å². The highest BCUT2D eigenvalue weighted by molar-refractivity contribution is 7.13. The Hall–Kier alpha value is -1.94. The van der Waals surface area contributed by atoms with E-state index in [2.05, 4.69) is 40.7 Å². The SMILES string of the molecule is CCc1ccsc1-c1nncn1-c1ccccc1. The lowest BCUT2D eigenvalue weighted by Crippen LogP contribution is -1.96. The molecule has 0 unspecified atom stereocenters. The quantitative estimate of drug-likeness (QED) is 0.716. The summed E-state index contributed by atoms with van der Waals surface area (Å²) >= 11 is 1.72. The highest BCUT2D eigenvalue weighted by atomic mass is 32.1. The Balaban J connectivity index is 2.13. The van der Waals surface area contributed by atoms with E-state index in [1.54, 1.807) is 17.7 Å². The molecule has 2 aromatic heterocycles. The summed E-state index contributed by atoms with van der Waals surface area (Å²) in [5.74, 6) is 0.924. The van der Waals surface area contributed by atoms with E-state index in [-0.39, 0.29) is 0 Å². The fourth-order valence-corrected chi connectivity index (χ4v) is 2.95. The van der Waals surface area contributed by atoms with Crippen LogP contribution < -0.4 is 0 Å². The van der Waals surface area contributed by atoms with Crippen LogP contribution >= 0.6 is 11.3 Å². The van der Waals surface area contributed by atoms with Gasteiger partial charge in [-0.3, -0.25) is 4.57 Å². The van der Waals surface area contributed by atoms with Gasteiger partial charge in [0.1, 0.15) is 6.33 Å². The van der Waals surface area contributed by atoms with Crippen molar-refractivity contribution in [3.63, 3.8) is 0 Å². The second-order valence-corrected chi connectivity index (χ2v) is 4.90. The highest BCUT2D eigenvalue weighted by Crippen LogP contribution is 2.29. The molecular formula is C14H13N3S. The van der Waals surface area contributed by atoms with Crippen molar-refractivity contribution < 1.29 is 0 Å². The van der Waals surface area contributed by atoms with Gasteiger partial charge in [0.15, 0.2) is 5.82 Å². The predicted octanol–water partition coefficient (Wildman–Crippen LogP) is 3.56. The molecule has 4 heteroatoms. The van der Waals surface area contributed by atoms with Gasteiger partial charge in [-0.2, -0.15) is 0 Å². The summed E-state index contributed by atoms with van der Waals surface area (Å²) in [5, 5.41) is 10.4. The molecule has 3 aromatic rings. The largest absolute Gasteiger partial charge is 0.281 e. The molecule has 90 valence electrons. The zero-order valence-corrected chi connectivity index (χ0v) is 10.9. The molecule has 0 fully saturated rings. The summed E-state index contributed by atoms with van der Waals surface area (Å²) < 4.78 is 2.03. The lowest BCUT2D eigenvalue weighted by molar-refractivity contribution is 1.06. The first kappa shape index (κ1) is 11.2. The van der Waals surface area contributed by atoms with E-state index in [9.17, 15) is 0 Å². The number of aromatic nitrogens is 3. The molecule has 0 aliphatic heterocycles. The average Bonchev–Trinajstić information content (AvgIpc) is 3.07. The Bertz CT molecular complexity index is 640. The van der Waals surface area contributed by atoms with Crippen molar-refractivity contribution in [1.82, 2.24) is 14.8 Å². The number of benzene rings is 1. The summed E-state index contributed by atoms with van der Waals surface area (Å²) in [6.45, 7) is 2.16. The van der Waals surface area contributed by atoms with Gasteiger partial charge in [0.2, 0.25) is 0 Å². The minimum atomic E-state index is 0.924. The van der Waals surface area contributed by atoms with Crippen LogP contribution in [0, 0.1) is 0 Å². The van der Waals surface area contributed by atoms with Crippen molar-refractivity contribution >= 4 is 11.3 Å². The van der Waals surface area contributed by atoms with Gasteiger partial charge in [-0.1, -0.05) is 25.1 Å². The van der Waals surface area contributed by atoms with E-state index in [1.165, 1.54) is 10.4 Å². The fourth-order valence-electron chi connectivity index (χ4n) is 1.98. The van der Waals surface area contributed by atoms with Crippen LogP contribution in [0.15, 0.2) is 48.1 Å². The maximum absolute atomic E-state index is 4.27. The smallest absolute Gasteiger partial charge is 0.178 e. The van der Waals surface area contributed by atoms with Gasteiger partial charge in [0, 0.05) is 5.69 Å². The lowest BCUT2D eigenvalue weighted by Gasteiger charge is -2.06. The van der Waals surface area contributed by atoms with Crippen molar-refractivity contribution in [2.45, 2.75) is 13.3 Å². The summed E-state index contributed by atoms with van der Waals surface area (Å²) in [4.78, 5) is 1.21.